The number of hydrogen-bond donors (Lipinski definition) is 0. The van der Waals surface area contributed by atoms with Crippen LogP contribution in [0.15, 0.2) is 22.6 Å². The van der Waals surface area contributed by atoms with Gasteiger partial charge in [-0.3, -0.25) is 9.59 Å². The molecule has 0 fully saturated rings. The van der Waals surface area contributed by atoms with Crippen LogP contribution in [0.1, 0.15) is 0 Å². The van der Waals surface area contributed by atoms with Crippen LogP contribution in [-0.2, 0) is 19.1 Å². The second kappa shape index (κ2) is 3.62. The molecule has 4 nitrogen and oxygen atoms in total. The summed E-state index contributed by atoms with van der Waals surface area (Å²) in [6.07, 6.45) is 1.01. The molecule has 0 aromatic carbocycles. The Morgan fingerprint density at radius 1 is 1.15 bits per heavy atom. The van der Waals surface area contributed by atoms with Gasteiger partial charge in [0.2, 0.25) is 23.1 Å². The van der Waals surface area contributed by atoms with E-state index < -0.39 is 11.6 Å². The summed E-state index contributed by atoms with van der Waals surface area (Å²) in [6, 6.07) is 0. The molecule has 0 bridgehead atoms. The second-order valence-corrected chi connectivity index (χ2v) is 2.66. The molecule has 1 rings (SSSR count). The summed E-state index contributed by atoms with van der Waals surface area (Å²) in [5.41, 5.74) is 0. The highest BCUT2D eigenvalue weighted by Crippen LogP contribution is 2.22. The molecule has 0 radical (unpaired) electrons. The van der Waals surface area contributed by atoms with E-state index in [1.54, 1.807) is 0 Å². The van der Waals surface area contributed by atoms with Crippen molar-refractivity contribution >= 4 is 23.2 Å². The fourth-order valence-corrected chi connectivity index (χ4v) is 1.13. The van der Waals surface area contributed by atoms with Gasteiger partial charge in [-0.05, 0) is 0 Å². The fourth-order valence-electron chi connectivity index (χ4n) is 0.948. The summed E-state index contributed by atoms with van der Waals surface area (Å²) in [4.78, 5) is 22.4. The van der Waals surface area contributed by atoms with Gasteiger partial charge in [0.1, 0.15) is 0 Å². The Morgan fingerprint density at radius 3 is 2.15 bits per heavy atom. The van der Waals surface area contributed by atoms with Gasteiger partial charge in [-0.15, -0.1) is 0 Å². The standard InChI is InChI=1S/C8H7ClO4/c1-12-7-5(10)3-4(9)6(11)8(7)13-2/h3H,1-2H3. The normalized spacial score (nSPS) is 17.3. The lowest BCUT2D eigenvalue weighted by Crippen LogP contribution is -2.19. The molecule has 0 saturated carbocycles. The molecular weight excluding hydrogens is 196 g/mol. The van der Waals surface area contributed by atoms with Gasteiger partial charge in [0.15, 0.2) is 0 Å². The Hall–Kier alpha value is -1.29. The number of hydrogen-bond acceptors (Lipinski definition) is 4. The number of Topliss-reactive ketones (excluding diaryl/α,β-unsaturated/α-hetero) is 1. The molecule has 0 amide bonds. The van der Waals surface area contributed by atoms with Crippen LogP contribution in [0.3, 0.4) is 0 Å². The first kappa shape index (κ1) is 9.80. The number of ketones is 2. The zero-order valence-corrected chi connectivity index (χ0v) is 7.84. The molecule has 0 saturated heterocycles. The first-order chi connectivity index (χ1) is 6.11. The van der Waals surface area contributed by atoms with E-state index >= 15 is 0 Å². The molecule has 0 unspecified atom stereocenters. The van der Waals surface area contributed by atoms with E-state index in [0.29, 0.717) is 0 Å². The molecule has 0 spiro atoms. The van der Waals surface area contributed by atoms with E-state index in [0.717, 1.165) is 6.08 Å². The van der Waals surface area contributed by atoms with Crippen LogP contribution in [0.5, 0.6) is 0 Å². The van der Waals surface area contributed by atoms with Gasteiger partial charge < -0.3 is 9.47 Å². The van der Waals surface area contributed by atoms with Crippen molar-refractivity contribution in [1.29, 1.82) is 0 Å². The molecule has 0 atom stereocenters. The number of carbonyl (C=O) groups excluding carboxylic acids is 2. The summed E-state index contributed by atoms with van der Waals surface area (Å²) < 4.78 is 9.41. The Morgan fingerprint density at radius 2 is 1.69 bits per heavy atom. The van der Waals surface area contributed by atoms with Crippen molar-refractivity contribution in [3.63, 3.8) is 0 Å². The highest BCUT2D eigenvalue weighted by molar-refractivity contribution is 6.48. The molecule has 0 heterocycles. The molecule has 0 aromatic heterocycles. The predicted molar refractivity (Wildman–Crippen MR) is 45.0 cm³/mol. The first-order valence-corrected chi connectivity index (χ1v) is 3.78. The van der Waals surface area contributed by atoms with Gasteiger partial charge in [0, 0.05) is 6.08 Å². The van der Waals surface area contributed by atoms with Crippen molar-refractivity contribution in [3.05, 3.63) is 22.6 Å². The van der Waals surface area contributed by atoms with E-state index in [4.69, 9.17) is 21.1 Å². The molecular formula is C8H7ClO4. The maximum atomic E-state index is 11.3. The van der Waals surface area contributed by atoms with Gasteiger partial charge in [0.25, 0.3) is 0 Å². The highest BCUT2D eigenvalue weighted by atomic mass is 35.5. The molecule has 1 aliphatic carbocycles. The molecule has 13 heavy (non-hydrogen) atoms. The smallest absolute Gasteiger partial charge is 0.243 e. The van der Waals surface area contributed by atoms with Crippen LogP contribution in [-0.4, -0.2) is 25.8 Å². The third-order valence-electron chi connectivity index (χ3n) is 1.52. The number of methoxy groups -OCH3 is 2. The van der Waals surface area contributed by atoms with Crippen molar-refractivity contribution in [2.45, 2.75) is 0 Å². The van der Waals surface area contributed by atoms with Crippen molar-refractivity contribution in [2.24, 2.45) is 0 Å². The third kappa shape index (κ3) is 1.58. The Balaban J connectivity index is 3.19. The number of allylic oxidation sites excluding steroid dienone is 2. The number of rotatable bonds is 2. The lowest BCUT2D eigenvalue weighted by molar-refractivity contribution is -0.120. The number of ether oxygens (including phenoxy) is 2. The van der Waals surface area contributed by atoms with E-state index in [9.17, 15) is 9.59 Å². The summed E-state index contributed by atoms with van der Waals surface area (Å²) in [5.74, 6) is -1.28. The maximum Gasteiger partial charge on any atom is 0.243 e. The predicted octanol–water partition coefficient (Wildman–Crippen LogP) is 0.765. The van der Waals surface area contributed by atoms with E-state index in [2.05, 4.69) is 0 Å². The summed E-state index contributed by atoms with van der Waals surface area (Å²) >= 11 is 5.48. The Kier molecular flexibility index (Phi) is 2.72. The fraction of sp³-hybridized carbons (Fsp3) is 0.250. The van der Waals surface area contributed by atoms with E-state index in [-0.39, 0.29) is 16.6 Å². The lowest BCUT2D eigenvalue weighted by atomic mass is 10.1. The zero-order valence-electron chi connectivity index (χ0n) is 7.09. The topological polar surface area (TPSA) is 52.6 Å². The average Bonchev–Trinajstić information content (AvgIpc) is 2.10. The minimum absolute atomic E-state index is 0.114. The summed E-state index contributed by atoms with van der Waals surface area (Å²) in [7, 11) is 2.56. The van der Waals surface area contributed by atoms with Crippen molar-refractivity contribution in [3.8, 4) is 0 Å². The van der Waals surface area contributed by atoms with Crippen LogP contribution in [0.4, 0.5) is 0 Å². The SMILES string of the molecule is COC1=C(OC)C(=O)C(Cl)=CC1=O. The number of carbonyl (C=O) groups is 2. The van der Waals surface area contributed by atoms with Gasteiger partial charge in [0.05, 0.1) is 19.3 Å². The van der Waals surface area contributed by atoms with Crippen LogP contribution < -0.4 is 0 Å². The van der Waals surface area contributed by atoms with Gasteiger partial charge in [-0.25, -0.2) is 0 Å². The van der Waals surface area contributed by atoms with Crippen LogP contribution in [0.2, 0.25) is 0 Å². The number of halogens is 1. The van der Waals surface area contributed by atoms with Crippen LogP contribution in [0.25, 0.3) is 0 Å². The van der Waals surface area contributed by atoms with Crippen LogP contribution >= 0.6 is 11.6 Å². The van der Waals surface area contributed by atoms with Crippen molar-refractivity contribution in [1.82, 2.24) is 0 Å². The maximum absolute atomic E-state index is 11.3. The third-order valence-corrected chi connectivity index (χ3v) is 1.80. The highest BCUT2D eigenvalue weighted by Gasteiger charge is 2.29. The van der Waals surface area contributed by atoms with Gasteiger partial charge >= 0.3 is 0 Å². The summed E-state index contributed by atoms with van der Waals surface area (Å²) in [6.45, 7) is 0. The summed E-state index contributed by atoms with van der Waals surface area (Å²) in [5, 5.41) is -0.164. The van der Waals surface area contributed by atoms with Gasteiger partial charge in [-0.1, -0.05) is 11.6 Å². The second-order valence-electron chi connectivity index (χ2n) is 2.25. The average molecular weight is 203 g/mol. The molecule has 1 aliphatic rings. The van der Waals surface area contributed by atoms with E-state index in [1.165, 1.54) is 14.2 Å². The molecule has 0 N–H and O–H groups in total. The quantitative estimate of drug-likeness (QED) is 0.621. The minimum Gasteiger partial charge on any atom is -0.490 e. The first-order valence-electron chi connectivity index (χ1n) is 3.40. The molecule has 70 valence electrons. The monoisotopic (exact) mass is 202 g/mol. The zero-order chi connectivity index (χ0) is 10.0. The van der Waals surface area contributed by atoms with Crippen molar-refractivity contribution in [2.75, 3.05) is 14.2 Å². The van der Waals surface area contributed by atoms with Gasteiger partial charge in [-0.2, -0.15) is 0 Å². The van der Waals surface area contributed by atoms with Crippen LogP contribution in [0, 0.1) is 0 Å². The molecule has 5 heteroatoms. The minimum atomic E-state index is -0.541. The lowest BCUT2D eigenvalue weighted by Gasteiger charge is -2.13. The molecule has 0 aromatic rings. The Labute approximate surface area is 79.8 Å². The Bertz CT molecular complexity index is 327. The van der Waals surface area contributed by atoms with E-state index in [1.807, 2.05) is 0 Å². The largest absolute Gasteiger partial charge is 0.490 e. The van der Waals surface area contributed by atoms with Crippen molar-refractivity contribution < 1.29 is 19.1 Å². The molecule has 0 aliphatic heterocycles.